The van der Waals surface area contributed by atoms with E-state index in [9.17, 15) is 4.79 Å². The third-order valence-electron chi connectivity index (χ3n) is 5.37. The molecule has 152 valence electrons. The largest absolute Gasteiger partial charge is 0.334 e. The summed E-state index contributed by atoms with van der Waals surface area (Å²) in [5.74, 6) is 1.22. The number of hydrogen-bond donors (Lipinski definition) is 1. The third kappa shape index (κ3) is 5.37. The zero-order chi connectivity index (χ0) is 19.9. The summed E-state index contributed by atoms with van der Waals surface area (Å²) in [6, 6.07) is 8.40. The van der Waals surface area contributed by atoms with Crippen LogP contribution in [0.5, 0.6) is 0 Å². The van der Waals surface area contributed by atoms with Crippen molar-refractivity contribution in [2.75, 3.05) is 37.8 Å². The minimum Gasteiger partial charge on any atom is -0.334 e. The van der Waals surface area contributed by atoms with E-state index in [4.69, 9.17) is 0 Å². The van der Waals surface area contributed by atoms with Gasteiger partial charge in [0.2, 0.25) is 5.91 Å². The maximum Gasteiger partial charge on any atom is 0.225 e. The van der Waals surface area contributed by atoms with Gasteiger partial charge in [-0.3, -0.25) is 9.69 Å². The normalized spacial score (nSPS) is 18.3. The van der Waals surface area contributed by atoms with Crippen molar-refractivity contribution < 1.29 is 4.79 Å². The van der Waals surface area contributed by atoms with Crippen molar-refractivity contribution in [3.8, 4) is 0 Å². The van der Waals surface area contributed by atoms with Gasteiger partial charge in [0.15, 0.2) is 0 Å². The molecule has 1 amide bonds. The highest BCUT2D eigenvalue weighted by molar-refractivity contribution is 7.98. The van der Waals surface area contributed by atoms with Gasteiger partial charge < -0.3 is 14.8 Å². The van der Waals surface area contributed by atoms with E-state index in [-0.39, 0.29) is 5.91 Å². The summed E-state index contributed by atoms with van der Waals surface area (Å²) in [5, 5.41) is 3.06. The van der Waals surface area contributed by atoms with Crippen LogP contribution in [0, 0.1) is 0 Å². The lowest BCUT2D eigenvalue weighted by molar-refractivity contribution is -0.116. The molecule has 28 heavy (non-hydrogen) atoms. The van der Waals surface area contributed by atoms with Gasteiger partial charge in [0.05, 0.1) is 12.2 Å². The highest BCUT2D eigenvalue weighted by Crippen LogP contribution is 2.24. The molecule has 2 aromatic rings. The molecule has 1 aliphatic heterocycles. The SMILES string of the molecule is CCn1ccnc1CN1CCN(CCC(=O)Nc2ccccc2SC)C[C@H]1C. The van der Waals surface area contributed by atoms with Gasteiger partial charge in [0, 0.05) is 62.5 Å². The number of imidazole rings is 1. The number of benzene rings is 1. The van der Waals surface area contributed by atoms with Gasteiger partial charge in [-0.1, -0.05) is 12.1 Å². The van der Waals surface area contributed by atoms with Gasteiger partial charge in [-0.2, -0.15) is 0 Å². The molecule has 0 unspecified atom stereocenters. The first-order chi connectivity index (χ1) is 13.6. The molecule has 0 aliphatic carbocycles. The molecule has 1 fully saturated rings. The number of carbonyl (C=O) groups excluding carboxylic acids is 1. The molecule has 7 heteroatoms. The van der Waals surface area contributed by atoms with E-state index in [1.165, 1.54) is 0 Å². The number of thioether (sulfide) groups is 1. The molecule has 1 N–H and O–H groups in total. The van der Waals surface area contributed by atoms with Gasteiger partial charge in [-0.05, 0) is 32.2 Å². The van der Waals surface area contributed by atoms with Crippen molar-refractivity contribution in [2.45, 2.75) is 44.3 Å². The molecule has 1 atom stereocenters. The number of aromatic nitrogens is 2. The number of piperazine rings is 1. The second kappa shape index (κ2) is 10.1. The molecule has 0 saturated carbocycles. The molecule has 0 radical (unpaired) electrons. The van der Waals surface area contributed by atoms with Crippen molar-refractivity contribution in [3.05, 3.63) is 42.5 Å². The Bertz CT molecular complexity index is 778. The van der Waals surface area contributed by atoms with Crippen LogP contribution in [-0.2, 0) is 17.9 Å². The molecule has 3 rings (SSSR count). The van der Waals surface area contributed by atoms with E-state index in [1.807, 2.05) is 42.9 Å². The number of amides is 1. The minimum absolute atomic E-state index is 0.0848. The standard InChI is InChI=1S/C21H31N5OS/c1-4-25-12-10-22-20(25)16-26-14-13-24(15-17(26)2)11-9-21(27)23-18-7-5-6-8-19(18)28-3/h5-8,10,12,17H,4,9,11,13-16H2,1-3H3,(H,23,27)/t17-/m1/s1. The summed E-state index contributed by atoms with van der Waals surface area (Å²) in [7, 11) is 0. The van der Waals surface area contributed by atoms with Crippen molar-refractivity contribution in [1.29, 1.82) is 0 Å². The highest BCUT2D eigenvalue weighted by atomic mass is 32.2. The van der Waals surface area contributed by atoms with E-state index < -0.39 is 0 Å². The number of aryl methyl sites for hydroxylation is 1. The van der Waals surface area contributed by atoms with Crippen LogP contribution in [0.25, 0.3) is 0 Å². The van der Waals surface area contributed by atoms with E-state index in [1.54, 1.807) is 11.8 Å². The second-order valence-corrected chi connectivity index (χ2v) is 8.10. The molecule has 1 saturated heterocycles. The summed E-state index contributed by atoms with van der Waals surface area (Å²) >= 11 is 1.65. The third-order valence-corrected chi connectivity index (χ3v) is 6.17. The average molecular weight is 402 g/mol. The Kier molecular flexibility index (Phi) is 7.53. The van der Waals surface area contributed by atoms with Crippen LogP contribution in [0.2, 0.25) is 0 Å². The molecule has 1 aromatic carbocycles. The molecule has 0 spiro atoms. The molecule has 1 aromatic heterocycles. The maximum absolute atomic E-state index is 12.4. The number of nitrogens with one attached hydrogen (secondary N) is 1. The molecular formula is C21H31N5OS. The number of nitrogens with zero attached hydrogens (tertiary/aromatic N) is 4. The smallest absolute Gasteiger partial charge is 0.225 e. The van der Waals surface area contributed by atoms with Crippen LogP contribution in [-0.4, -0.2) is 63.7 Å². The molecule has 0 bridgehead atoms. The lowest BCUT2D eigenvalue weighted by Gasteiger charge is -2.39. The number of carbonyl (C=O) groups is 1. The van der Waals surface area contributed by atoms with Crippen LogP contribution in [0.15, 0.2) is 41.6 Å². The Balaban J connectivity index is 1.45. The summed E-state index contributed by atoms with van der Waals surface area (Å²) in [6.45, 7) is 10.0. The van der Waals surface area contributed by atoms with Gasteiger partial charge >= 0.3 is 0 Å². The maximum atomic E-state index is 12.4. The predicted molar refractivity (Wildman–Crippen MR) is 116 cm³/mol. The topological polar surface area (TPSA) is 53.4 Å². The Labute approximate surface area is 172 Å². The van der Waals surface area contributed by atoms with Crippen LogP contribution in [0.4, 0.5) is 5.69 Å². The Hall–Kier alpha value is -1.83. The van der Waals surface area contributed by atoms with Crippen LogP contribution in [0.1, 0.15) is 26.1 Å². The molecular weight excluding hydrogens is 370 g/mol. The first kappa shape index (κ1) is 20.9. The Morgan fingerprint density at radius 3 is 2.89 bits per heavy atom. The number of anilines is 1. The summed E-state index contributed by atoms with van der Waals surface area (Å²) in [5.41, 5.74) is 0.907. The summed E-state index contributed by atoms with van der Waals surface area (Å²) in [6.07, 6.45) is 6.48. The van der Waals surface area contributed by atoms with E-state index in [0.717, 1.165) is 55.7 Å². The van der Waals surface area contributed by atoms with Crippen molar-refractivity contribution >= 4 is 23.4 Å². The number of rotatable bonds is 8. The lowest BCUT2D eigenvalue weighted by Crippen LogP contribution is -2.52. The van der Waals surface area contributed by atoms with Crippen molar-refractivity contribution in [3.63, 3.8) is 0 Å². The summed E-state index contributed by atoms with van der Waals surface area (Å²) in [4.78, 5) is 22.9. The first-order valence-corrected chi connectivity index (χ1v) is 11.2. The van der Waals surface area contributed by atoms with Gasteiger partial charge in [-0.15, -0.1) is 11.8 Å². The zero-order valence-corrected chi connectivity index (χ0v) is 17.9. The first-order valence-electron chi connectivity index (χ1n) is 10.00. The fourth-order valence-corrected chi connectivity index (χ4v) is 4.24. The van der Waals surface area contributed by atoms with E-state index in [2.05, 4.69) is 38.5 Å². The zero-order valence-electron chi connectivity index (χ0n) is 17.1. The summed E-state index contributed by atoms with van der Waals surface area (Å²) < 4.78 is 2.20. The van der Waals surface area contributed by atoms with Crippen LogP contribution < -0.4 is 5.32 Å². The molecule has 6 nitrogen and oxygen atoms in total. The molecule has 2 heterocycles. The lowest BCUT2D eigenvalue weighted by atomic mass is 10.1. The Morgan fingerprint density at radius 2 is 2.14 bits per heavy atom. The second-order valence-electron chi connectivity index (χ2n) is 7.25. The Morgan fingerprint density at radius 1 is 1.32 bits per heavy atom. The van der Waals surface area contributed by atoms with Gasteiger partial charge in [0.25, 0.3) is 0 Å². The van der Waals surface area contributed by atoms with Crippen molar-refractivity contribution in [1.82, 2.24) is 19.4 Å². The fourth-order valence-electron chi connectivity index (χ4n) is 3.69. The van der Waals surface area contributed by atoms with E-state index in [0.29, 0.717) is 12.5 Å². The van der Waals surface area contributed by atoms with Gasteiger partial charge in [0.1, 0.15) is 5.82 Å². The predicted octanol–water partition coefficient (Wildman–Crippen LogP) is 3.16. The van der Waals surface area contributed by atoms with Crippen molar-refractivity contribution in [2.24, 2.45) is 0 Å². The van der Waals surface area contributed by atoms with Crippen LogP contribution >= 0.6 is 11.8 Å². The van der Waals surface area contributed by atoms with Gasteiger partial charge in [-0.25, -0.2) is 4.98 Å². The fraction of sp³-hybridized carbons (Fsp3) is 0.524. The monoisotopic (exact) mass is 401 g/mol. The average Bonchev–Trinajstić information content (AvgIpc) is 3.16. The highest BCUT2D eigenvalue weighted by Gasteiger charge is 2.25. The molecule has 1 aliphatic rings. The number of para-hydroxylation sites is 1. The number of hydrogen-bond acceptors (Lipinski definition) is 5. The van der Waals surface area contributed by atoms with E-state index >= 15 is 0 Å². The quantitative estimate of drug-likeness (QED) is 0.689. The minimum atomic E-state index is 0.0848. The van der Waals surface area contributed by atoms with Crippen LogP contribution in [0.3, 0.4) is 0 Å².